The van der Waals surface area contributed by atoms with Crippen molar-refractivity contribution in [1.29, 1.82) is 0 Å². The summed E-state index contributed by atoms with van der Waals surface area (Å²) in [5, 5.41) is 8.90. The van der Waals surface area contributed by atoms with Crippen molar-refractivity contribution in [2.45, 2.75) is 225 Å². The first-order valence-electron chi connectivity index (χ1n) is 22.9. The maximum atomic E-state index is 12.6. The van der Waals surface area contributed by atoms with Gasteiger partial charge in [-0.15, -0.1) is 0 Å². The average Bonchev–Trinajstić information content (AvgIpc) is 3.18. The number of carboxylic acid groups (broad SMARTS) is 1. The molecule has 0 radical (unpaired) electrons. The van der Waals surface area contributed by atoms with Crippen molar-refractivity contribution in [2.75, 3.05) is 26.4 Å². The first-order valence-corrected chi connectivity index (χ1v) is 24.4. The van der Waals surface area contributed by atoms with Gasteiger partial charge in [0, 0.05) is 13.0 Å². The lowest BCUT2D eigenvalue weighted by Crippen LogP contribution is -2.34. The summed E-state index contributed by atoms with van der Waals surface area (Å²) in [4.78, 5) is 33.6. The molecule has 56 heavy (non-hydrogen) atoms. The van der Waals surface area contributed by atoms with Gasteiger partial charge in [0.15, 0.2) is 0 Å². The quantitative estimate of drug-likeness (QED) is 0.0234. The van der Waals surface area contributed by atoms with Gasteiger partial charge in [-0.05, 0) is 44.9 Å². The van der Waals surface area contributed by atoms with Crippen molar-refractivity contribution in [2.24, 2.45) is 5.73 Å². The van der Waals surface area contributed by atoms with Crippen LogP contribution in [0.2, 0.25) is 0 Å². The number of unbranched alkanes of at least 4 members (excludes halogenated alkanes) is 26. The molecule has 3 unspecified atom stereocenters. The van der Waals surface area contributed by atoms with Crippen molar-refractivity contribution in [3.63, 3.8) is 0 Å². The molecule has 0 aromatic rings. The number of hydrogen-bond donors (Lipinski definition) is 3. The monoisotopic (exact) mass is 816 g/mol. The normalized spacial score (nSPS) is 14.1. The van der Waals surface area contributed by atoms with Gasteiger partial charge in [0.1, 0.15) is 12.1 Å². The van der Waals surface area contributed by atoms with E-state index in [1.807, 2.05) is 0 Å². The van der Waals surface area contributed by atoms with Crippen LogP contribution in [0.5, 0.6) is 0 Å². The van der Waals surface area contributed by atoms with Crippen molar-refractivity contribution < 1.29 is 42.7 Å². The second kappa shape index (κ2) is 41.6. The number of allylic oxidation sites excluding steroid dienone is 4. The Morgan fingerprint density at radius 3 is 1.46 bits per heavy atom. The summed E-state index contributed by atoms with van der Waals surface area (Å²) in [6.45, 7) is 3.88. The van der Waals surface area contributed by atoms with Gasteiger partial charge in [0.25, 0.3) is 0 Å². The van der Waals surface area contributed by atoms with Crippen LogP contribution in [0.3, 0.4) is 0 Å². The predicted octanol–water partition coefficient (Wildman–Crippen LogP) is 12.7. The van der Waals surface area contributed by atoms with Crippen LogP contribution in [-0.4, -0.2) is 60.5 Å². The van der Waals surface area contributed by atoms with Crippen molar-refractivity contribution >= 4 is 19.8 Å². The molecule has 3 atom stereocenters. The molecule has 0 heterocycles. The number of rotatable bonds is 44. The number of esters is 1. The summed E-state index contributed by atoms with van der Waals surface area (Å²) in [7, 11) is -4.61. The third-order valence-electron chi connectivity index (χ3n) is 9.98. The van der Waals surface area contributed by atoms with Crippen LogP contribution < -0.4 is 5.73 Å². The number of carbonyl (C=O) groups is 2. The molecular formula is C45H86NO9P. The molecule has 0 aliphatic rings. The lowest BCUT2D eigenvalue weighted by molar-refractivity contribution is -0.154. The van der Waals surface area contributed by atoms with E-state index in [9.17, 15) is 19.0 Å². The fraction of sp³-hybridized carbons (Fsp3) is 0.867. The van der Waals surface area contributed by atoms with Crippen LogP contribution in [-0.2, 0) is 32.7 Å². The van der Waals surface area contributed by atoms with Crippen LogP contribution >= 0.6 is 7.82 Å². The number of phosphoric acid groups is 1. The van der Waals surface area contributed by atoms with E-state index in [2.05, 4.69) is 38.2 Å². The summed E-state index contributed by atoms with van der Waals surface area (Å²) in [6.07, 6.45) is 45.1. The fourth-order valence-corrected chi connectivity index (χ4v) is 7.18. The maximum Gasteiger partial charge on any atom is 0.472 e. The zero-order valence-corrected chi connectivity index (χ0v) is 36.9. The summed E-state index contributed by atoms with van der Waals surface area (Å²) in [5.74, 6) is -1.77. The Balaban J connectivity index is 4.19. The van der Waals surface area contributed by atoms with Gasteiger partial charge >= 0.3 is 19.8 Å². The van der Waals surface area contributed by atoms with E-state index < -0.39 is 45.1 Å². The zero-order chi connectivity index (χ0) is 41.2. The van der Waals surface area contributed by atoms with Gasteiger partial charge in [-0.3, -0.25) is 18.6 Å². The summed E-state index contributed by atoms with van der Waals surface area (Å²) < 4.78 is 33.4. The maximum absolute atomic E-state index is 12.6. The highest BCUT2D eigenvalue weighted by Gasteiger charge is 2.27. The van der Waals surface area contributed by atoms with Gasteiger partial charge in [0.05, 0.1) is 19.8 Å². The van der Waals surface area contributed by atoms with Crippen LogP contribution in [0.25, 0.3) is 0 Å². The molecule has 0 aromatic heterocycles. The summed E-state index contributed by atoms with van der Waals surface area (Å²) >= 11 is 0. The number of aliphatic carboxylic acids is 1. The number of ether oxygens (including phenoxy) is 2. The lowest BCUT2D eigenvalue weighted by atomic mass is 10.0. The lowest BCUT2D eigenvalue weighted by Gasteiger charge is -2.20. The van der Waals surface area contributed by atoms with Gasteiger partial charge in [-0.1, -0.05) is 186 Å². The third kappa shape index (κ3) is 40.6. The number of phosphoric ester groups is 1. The number of hydrogen-bond acceptors (Lipinski definition) is 8. The van der Waals surface area contributed by atoms with Crippen molar-refractivity contribution in [1.82, 2.24) is 0 Å². The van der Waals surface area contributed by atoms with Gasteiger partial charge in [0.2, 0.25) is 0 Å². The second-order valence-electron chi connectivity index (χ2n) is 15.5. The molecular weight excluding hydrogens is 729 g/mol. The number of nitrogens with two attached hydrogens (primary N) is 1. The minimum atomic E-state index is -4.61. The van der Waals surface area contributed by atoms with E-state index in [0.717, 1.165) is 44.9 Å². The van der Waals surface area contributed by atoms with Gasteiger partial charge < -0.3 is 25.2 Å². The van der Waals surface area contributed by atoms with E-state index in [0.29, 0.717) is 13.0 Å². The Bertz CT molecular complexity index is 993. The molecule has 0 saturated heterocycles. The Morgan fingerprint density at radius 1 is 0.571 bits per heavy atom. The summed E-state index contributed by atoms with van der Waals surface area (Å²) in [6, 6.07) is -1.47. The minimum Gasteiger partial charge on any atom is -0.480 e. The average molecular weight is 816 g/mol. The van der Waals surface area contributed by atoms with E-state index in [4.69, 9.17) is 29.4 Å². The highest BCUT2D eigenvalue weighted by molar-refractivity contribution is 7.47. The largest absolute Gasteiger partial charge is 0.480 e. The Kier molecular flexibility index (Phi) is 40.5. The van der Waals surface area contributed by atoms with E-state index >= 15 is 0 Å². The Labute approximate surface area is 343 Å². The molecule has 0 rings (SSSR count). The Hall–Kier alpha value is -1.55. The molecule has 10 nitrogen and oxygen atoms in total. The van der Waals surface area contributed by atoms with Crippen molar-refractivity contribution in [3.05, 3.63) is 24.3 Å². The van der Waals surface area contributed by atoms with E-state index in [1.165, 1.54) is 141 Å². The molecule has 0 fully saturated rings. The van der Waals surface area contributed by atoms with Gasteiger partial charge in [-0.25, -0.2) is 4.57 Å². The highest BCUT2D eigenvalue weighted by Crippen LogP contribution is 2.43. The molecule has 0 spiro atoms. The first kappa shape index (κ1) is 54.5. The van der Waals surface area contributed by atoms with Crippen LogP contribution in [0, 0.1) is 0 Å². The molecule has 0 aliphatic heterocycles. The van der Waals surface area contributed by atoms with Gasteiger partial charge in [-0.2, -0.15) is 0 Å². The molecule has 0 amide bonds. The fourth-order valence-electron chi connectivity index (χ4n) is 6.40. The molecule has 0 bridgehead atoms. The van der Waals surface area contributed by atoms with E-state index in [-0.39, 0.29) is 13.0 Å². The molecule has 0 saturated carbocycles. The van der Waals surface area contributed by atoms with Crippen molar-refractivity contribution in [3.8, 4) is 0 Å². The standard InChI is InChI=1S/C45H86NO9P/c1-3-5-7-9-11-13-15-17-19-20-21-22-24-26-28-30-32-34-36-38-52-39-42(40-53-56(50,51)54-41-43(46)45(48)49)55-44(47)37-35-33-31-29-27-25-23-18-16-14-12-10-8-6-4-2/h13,15,19-20,42-43H,3-12,14,16-18,21-41,46H2,1-2H3,(H,48,49)(H,50,51)/b15-13-,20-19-. The first-order chi connectivity index (χ1) is 27.2. The molecule has 11 heteroatoms. The minimum absolute atomic E-state index is 0.0169. The Morgan fingerprint density at radius 2 is 0.982 bits per heavy atom. The van der Waals surface area contributed by atoms with Crippen LogP contribution in [0.1, 0.15) is 213 Å². The van der Waals surface area contributed by atoms with E-state index in [1.54, 1.807) is 0 Å². The highest BCUT2D eigenvalue weighted by atomic mass is 31.2. The summed E-state index contributed by atoms with van der Waals surface area (Å²) in [5.41, 5.74) is 5.36. The molecule has 4 N–H and O–H groups in total. The predicted molar refractivity (Wildman–Crippen MR) is 231 cm³/mol. The van der Waals surface area contributed by atoms with Crippen LogP contribution in [0.15, 0.2) is 24.3 Å². The smallest absolute Gasteiger partial charge is 0.472 e. The molecule has 330 valence electrons. The second-order valence-corrected chi connectivity index (χ2v) is 17.0. The SMILES string of the molecule is CCCCCC/C=C\C/C=C\CCCCCCCCCCOCC(COP(=O)(O)OCC(N)C(=O)O)OC(=O)CCCCCCCCCCCCCCCCC. The number of carbonyl (C=O) groups excluding carboxylic acids is 1. The van der Waals surface area contributed by atoms with Crippen LogP contribution in [0.4, 0.5) is 0 Å². The molecule has 0 aliphatic carbocycles. The number of carboxylic acids is 1. The third-order valence-corrected chi connectivity index (χ3v) is 10.9. The topological polar surface area (TPSA) is 155 Å². The molecule has 0 aromatic carbocycles. The zero-order valence-electron chi connectivity index (χ0n) is 36.0.